The zero-order valence-corrected chi connectivity index (χ0v) is 11.9. The second-order valence-electron chi connectivity index (χ2n) is 5.21. The fourth-order valence-electron chi connectivity index (χ4n) is 2.46. The average molecular weight is 310 g/mol. The third kappa shape index (κ3) is 2.99. The molecule has 0 saturated heterocycles. The molecule has 3 nitrogen and oxygen atoms in total. The molecule has 2 rings (SSSR count). The molecule has 0 aromatic rings. The maximum absolute atomic E-state index is 12.0. The van der Waals surface area contributed by atoms with Crippen LogP contribution in [0.2, 0.25) is 0 Å². The first kappa shape index (κ1) is 12.8. The van der Waals surface area contributed by atoms with Crippen LogP contribution < -0.4 is 4.72 Å². The number of rotatable bonds is 6. The Kier molecular flexibility index (Phi) is 3.97. The lowest BCUT2D eigenvalue weighted by Crippen LogP contribution is -2.36. The summed E-state index contributed by atoms with van der Waals surface area (Å²) in [4.78, 5) is 0. The second kappa shape index (κ2) is 4.94. The van der Waals surface area contributed by atoms with E-state index < -0.39 is 10.0 Å². The van der Waals surface area contributed by atoms with Crippen molar-refractivity contribution in [2.45, 2.75) is 50.2 Å². The van der Waals surface area contributed by atoms with Crippen molar-refractivity contribution in [1.29, 1.82) is 0 Å². The molecule has 2 saturated carbocycles. The van der Waals surface area contributed by atoms with E-state index in [0.717, 1.165) is 37.4 Å². The Bertz CT molecular complexity index is 332. The molecule has 16 heavy (non-hydrogen) atoms. The van der Waals surface area contributed by atoms with E-state index in [-0.39, 0.29) is 10.7 Å². The summed E-state index contributed by atoms with van der Waals surface area (Å²) in [6.07, 6.45) is 7.26. The van der Waals surface area contributed by atoms with Crippen LogP contribution in [0.1, 0.15) is 44.9 Å². The van der Waals surface area contributed by atoms with Crippen LogP contribution in [0.25, 0.3) is 0 Å². The highest BCUT2D eigenvalue weighted by molar-refractivity contribution is 9.09. The van der Waals surface area contributed by atoms with Gasteiger partial charge in [-0.25, -0.2) is 13.1 Å². The van der Waals surface area contributed by atoms with Crippen molar-refractivity contribution < 1.29 is 8.42 Å². The number of hydrogen-bond acceptors (Lipinski definition) is 2. The van der Waals surface area contributed by atoms with Gasteiger partial charge in [-0.05, 0) is 37.5 Å². The predicted molar refractivity (Wildman–Crippen MR) is 69.3 cm³/mol. The summed E-state index contributed by atoms with van der Waals surface area (Å²) >= 11 is 3.43. The zero-order valence-electron chi connectivity index (χ0n) is 9.54. The Morgan fingerprint density at radius 1 is 1.25 bits per heavy atom. The summed E-state index contributed by atoms with van der Waals surface area (Å²) in [6.45, 7) is 0.650. The summed E-state index contributed by atoms with van der Waals surface area (Å²) in [5.41, 5.74) is 0.273. The first-order valence-corrected chi connectivity index (χ1v) is 8.79. The molecule has 2 fully saturated rings. The highest BCUT2D eigenvalue weighted by Gasteiger charge is 2.43. The van der Waals surface area contributed by atoms with Crippen molar-refractivity contribution in [3.8, 4) is 0 Å². The molecule has 5 heteroatoms. The van der Waals surface area contributed by atoms with Crippen LogP contribution in [0.3, 0.4) is 0 Å². The molecule has 0 aromatic carbocycles. The molecule has 94 valence electrons. The summed E-state index contributed by atoms with van der Waals surface area (Å²) in [5, 5.41) is 0.852. The number of sulfonamides is 1. The fourth-order valence-corrected chi connectivity index (χ4v) is 5.00. The molecule has 0 amide bonds. The van der Waals surface area contributed by atoms with Gasteiger partial charge in [0.05, 0.1) is 5.25 Å². The van der Waals surface area contributed by atoms with E-state index in [4.69, 9.17) is 0 Å². The van der Waals surface area contributed by atoms with E-state index in [1.807, 2.05) is 0 Å². The molecular weight excluding hydrogens is 290 g/mol. The monoisotopic (exact) mass is 309 g/mol. The van der Waals surface area contributed by atoms with E-state index in [2.05, 4.69) is 20.7 Å². The van der Waals surface area contributed by atoms with Crippen LogP contribution in [0.5, 0.6) is 0 Å². The summed E-state index contributed by atoms with van der Waals surface area (Å²) in [7, 11) is -3.04. The Labute approximate surface area is 107 Å². The van der Waals surface area contributed by atoms with Crippen LogP contribution in [-0.4, -0.2) is 25.5 Å². The summed E-state index contributed by atoms with van der Waals surface area (Å²) < 4.78 is 26.8. The molecular formula is C11H20BrNO2S. The van der Waals surface area contributed by atoms with E-state index in [1.54, 1.807) is 0 Å². The maximum atomic E-state index is 12.0. The van der Waals surface area contributed by atoms with E-state index >= 15 is 0 Å². The number of hydrogen-bond donors (Lipinski definition) is 1. The zero-order chi connectivity index (χ0) is 11.6. The third-order valence-electron chi connectivity index (χ3n) is 3.97. The lowest BCUT2D eigenvalue weighted by Gasteiger charge is -2.17. The third-order valence-corrected chi connectivity index (χ3v) is 6.26. The average Bonchev–Trinajstić information content (AvgIpc) is 2.81. The Balaban J connectivity index is 1.84. The van der Waals surface area contributed by atoms with Gasteiger partial charge in [0.2, 0.25) is 10.0 Å². The fraction of sp³-hybridized carbons (Fsp3) is 1.00. The van der Waals surface area contributed by atoms with Crippen molar-refractivity contribution in [2.75, 3.05) is 11.9 Å². The number of nitrogens with one attached hydrogen (secondary N) is 1. The van der Waals surface area contributed by atoms with Crippen molar-refractivity contribution >= 4 is 26.0 Å². The number of halogens is 1. The minimum atomic E-state index is -3.04. The van der Waals surface area contributed by atoms with Crippen LogP contribution in [0.15, 0.2) is 0 Å². The van der Waals surface area contributed by atoms with Crippen molar-refractivity contribution in [1.82, 2.24) is 4.72 Å². The standard InChI is InChI=1S/C11H20BrNO2S/c12-8-7-11(5-6-11)9-13-16(14,15)10-3-1-2-4-10/h10,13H,1-9H2. The molecule has 0 heterocycles. The highest BCUT2D eigenvalue weighted by atomic mass is 79.9. The normalized spacial score (nSPS) is 24.8. The van der Waals surface area contributed by atoms with E-state index in [1.165, 1.54) is 12.8 Å². The van der Waals surface area contributed by atoms with Gasteiger partial charge in [-0.1, -0.05) is 28.8 Å². The van der Waals surface area contributed by atoms with Gasteiger partial charge in [0.25, 0.3) is 0 Å². The topological polar surface area (TPSA) is 46.2 Å². The largest absolute Gasteiger partial charge is 0.214 e. The van der Waals surface area contributed by atoms with Gasteiger partial charge < -0.3 is 0 Å². The molecule has 2 aliphatic carbocycles. The molecule has 0 radical (unpaired) electrons. The quantitative estimate of drug-likeness (QED) is 0.766. The highest BCUT2D eigenvalue weighted by Crippen LogP contribution is 2.48. The van der Waals surface area contributed by atoms with Crippen molar-refractivity contribution in [3.05, 3.63) is 0 Å². The first-order chi connectivity index (χ1) is 7.58. The Morgan fingerprint density at radius 2 is 1.88 bits per heavy atom. The van der Waals surface area contributed by atoms with Gasteiger partial charge in [0.1, 0.15) is 0 Å². The van der Waals surface area contributed by atoms with Gasteiger partial charge in [0.15, 0.2) is 0 Å². The van der Waals surface area contributed by atoms with E-state index in [0.29, 0.717) is 6.54 Å². The summed E-state index contributed by atoms with van der Waals surface area (Å²) in [5.74, 6) is 0. The number of alkyl halides is 1. The SMILES string of the molecule is O=S(=O)(NCC1(CCBr)CC1)C1CCCC1. The molecule has 0 spiro atoms. The van der Waals surface area contributed by atoms with Gasteiger partial charge >= 0.3 is 0 Å². The Morgan fingerprint density at radius 3 is 2.38 bits per heavy atom. The predicted octanol–water partition coefficient (Wildman–Crippen LogP) is 2.41. The Hall–Kier alpha value is 0.390. The van der Waals surface area contributed by atoms with E-state index in [9.17, 15) is 8.42 Å². The smallest absolute Gasteiger partial charge is 0.214 e. The minimum Gasteiger partial charge on any atom is -0.214 e. The van der Waals surface area contributed by atoms with Crippen molar-refractivity contribution in [2.24, 2.45) is 5.41 Å². The molecule has 2 aliphatic rings. The van der Waals surface area contributed by atoms with Gasteiger partial charge in [-0.15, -0.1) is 0 Å². The lowest BCUT2D eigenvalue weighted by atomic mass is 10.1. The lowest BCUT2D eigenvalue weighted by molar-refractivity contribution is 0.476. The maximum Gasteiger partial charge on any atom is 0.214 e. The van der Waals surface area contributed by atoms with Gasteiger partial charge in [-0.3, -0.25) is 0 Å². The van der Waals surface area contributed by atoms with Crippen LogP contribution in [0.4, 0.5) is 0 Å². The summed E-state index contributed by atoms with van der Waals surface area (Å²) in [6, 6.07) is 0. The van der Waals surface area contributed by atoms with Gasteiger partial charge in [0, 0.05) is 11.9 Å². The molecule has 0 aromatic heterocycles. The van der Waals surface area contributed by atoms with Crippen LogP contribution in [0, 0.1) is 5.41 Å². The molecule has 0 unspecified atom stereocenters. The minimum absolute atomic E-state index is 0.118. The van der Waals surface area contributed by atoms with Crippen molar-refractivity contribution in [3.63, 3.8) is 0 Å². The first-order valence-electron chi connectivity index (χ1n) is 6.12. The molecule has 0 aliphatic heterocycles. The van der Waals surface area contributed by atoms with Crippen LogP contribution in [-0.2, 0) is 10.0 Å². The second-order valence-corrected chi connectivity index (χ2v) is 8.05. The molecule has 0 atom stereocenters. The molecule has 1 N–H and O–H groups in total. The molecule has 0 bridgehead atoms. The van der Waals surface area contributed by atoms with Gasteiger partial charge in [-0.2, -0.15) is 0 Å². The van der Waals surface area contributed by atoms with Crippen LogP contribution >= 0.6 is 15.9 Å².